The summed E-state index contributed by atoms with van der Waals surface area (Å²) in [7, 11) is -2.61. The van der Waals surface area contributed by atoms with E-state index in [0.717, 1.165) is 0 Å². The fourth-order valence-electron chi connectivity index (χ4n) is 2.77. The number of para-hydroxylation sites is 2. The Kier molecular flexibility index (Phi) is 7.42. The summed E-state index contributed by atoms with van der Waals surface area (Å²) in [6.07, 6.45) is 0. The second kappa shape index (κ2) is 10.4. The molecule has 0 saturated heterocycles. The van der Waals surface area contributed by atoms with Crippen LogP contribution in [0, 0.1) is 0 Å². The molecule has 0 aliphatic rings. The molecule has 10 heteroatoms. The molecule has 0 unspecified atom stereocenters. The molecular formula is C23H20N2O7S. The monoisotopic (exact) mass is 468 g/mol. The molecule has 0 atom stereocenters. The molecule has 0 aliphatic heterocycles. The van der Waals surface area contributed by atoms with E-state index in [-0.39, 0.29) is 21.7 Å². The van der Waals surface area contributed by atoms with Crippen molar-refractivity contribution < 1.29 is 32.3 Å². The van der Waals surface area contributed by atoms with E-state index >= 15 is 0 Å². The van der Waals surface area contributed by atoms with Crippen molar-refractivity contribution in [2.75, 3.05) is 23.8 Å². The zero-order chi connectivity index (χ0) is 23.8. The van der Waals surface area contributed by atoms with Crippen LogP contribution in [0.2, 0.25) is 0 Å². The molecular weight excluding hydrogens is 448 g/mol. The average Bonchev–Trinajstić information content (AvgIpc) is 2.83. The number of carbonyl (C=O) groups is 3. The quantitative estimate of drug-likeness (QED) is 0.486. The van der Waals surface area contributed by atoms with E-state index in [1.807, 2.05) is 0 Å². The number of esters is 2. The lowest BCUT2D eigenvalue weighted by atomic mass is 10.2. The maximum Gasteiger partial charge on any atom is 0.339 e. The summed E-state index contributed by atoms with van der Waals surface area (Å²) in [5.74, 6) is -2.10. The highest BCUT2D eigenvalue weighted by Gasteiger charge is 2.17. The van der Waals surface area contributed by atoms with Crippen molar-refractivity contribution in [2.24, 2.45) is 0 Å². The van der Waals surface area contributed by atoms with E-state index in [2.05, 4.69) is 14.8 Å². The van der Waals surface area contributed by atoms with E-state index in [1.54, 1.807) is 42.5 Å². The number of amides is 1. The number of benzene rings is 3. The molecule has 0 fully saturated rings. The topological polar surface area (TPSA) is 128 Å². The minimum atomic E-state index is -3.83. The van der Waals surface area contributed by atoms with Crippen LogP contribution >= 0.6 is 0 Å². The fourth-order valence-corrected chi connectivity index (χ4v) is 3.83. The smallest absolute Gasteiger partial charge is 0.339 e. The molecule has 0 spiro atoms. The molecule has 2 N–H and O–H groups in total. The largest absolute Gasteiger partial charge is 0.465 e. The highest BCUT2D eigenvalue weighted by molar-refractivity contribution is 7.92. The van der Waals surface area contributed by atoms with Gasteiger partial charge in [0.25, 0.3) is 15.9 Å². The molecule has 3 aromatic rings. The number of carbonyl (C=O) groups excluding carboxylic acids is 3. The second-order valence-electron chi connectivity index (χ2n) is 6.66. The summed E-state index contributed by atoms with van der Waals surface area (Å²) in [4.78, 5) is 36.1. The lowest BCUT2D eigenvalue weighted by Gasteiger charge is -2.10. The Morgan fingerprint density at radius 2 is 1.45 bits per heavy atom. The maximum absolute atomic E-state index is 12.5. The first-order valence-electron chi connectivity index (χ1n) is 9.62. The van der Waals surface area contributed by atoms with Crippen LogP contribution in [0.25, 0.3) is 0 Å². The summed E-state index contributed by atoms with van der Waals surface area (Å²) < 4.78 is 37.0. The van der Waals surface area contributed by atoms with Crippen molar-refractivity contribution >= 4 is 39.2 Å². The fraction of sp³-hybridized carbons (Fsp3) is 0.0870. The molecule has 3 rings (SSSR count). The van der Waals surface area contributed by atoms with Gasteiger partial charge in [-0.1, -0.05) is 30.3 Å². The Hall–Kier alpha value is -4.18. The van der Waals surface area contributed by atoms with Gasteiger partial charge in [0.1, 0.15) is 0 Å². The number of ether oxygens (including phenoxy) is 2. The number of methoxy groups -OCH3 is 1. The molecule has 0 aromatic heterocycles. The number of nitrogens with one attached hydrogen (secondary N) is 2. The standard InChI is InChI=1S/C23H20N2O7S/c1-31-23(28)19-9-5-6-10-20(19)24-21(26)15-32-22(27)16-11-13-18(14-12-16)33(29,30)25-17-7-3-2-4-8-17/h2-14,25H,15H2,1H3,(H,24,26). The van der Waals surface area contributed by atoms with Gasteiger partial charge in [0.15, 0.2) is 6.61 Å². The van der Waals surface area contributed by atoms with Gasteiger partial charge in [-0.25, -0.2) is 18.0 Å². The zero-order valence-electron chi connectivity index (χ0n) is 17.5. The Morgan fingerprint density at radius 1 is 0.818 bits per heavy atom. The second-order valence-corrected chi connectivity index (χ2v) is 8.34. The van der Waals surface area contributed by atoms with Gasteiger partial charge >= 0.3 is 11.9 Å². The lowest BCUT2D eigenvalue weighted by molar-refractivity contribution is -0.119. The first-order chi connectivity index (χ1) is 15.8. The van der Waals surface area contributed by atoms with Crippen molar-refractivity contribution in [1.82, 2.24) is 0 Å². The number of anilines is 2. The molecule has 0 bridgehead atoms. The Morgan fingerprint density at radius 3 is 2.12 bits per heavy atom. The number of sulfonamides is 1. The summed E-state index contributed by atoms with van der Waals surface area (Å²) in [5.41, 5.74) is 0.837. The summed E-state index contributed by atoms with van der Waals surface area (Å²) in [5, 5.41) is 2.48. The van der Waals surface area contributed by atoms with Crippen LogP contribution < -0.4 is 10.0 Å². The van der Waals surface area contributed by atoms with Gasteiger partial charge in [0, 0.05) is 5.69 Å². The van der Waals surface area contributed by atoms with Crippen LogP contribution in [0.4, 0.5) is 11.4 Å². The zero-order valence-corrected chi connectivity index (χ0v) is 18.3. The molecule has 0 heterocycles. The molecule has 9 nitrogen and oxygen atoms in total. The number of hydrogen-bond acceptors (Lipinski definition) is 7. The molecule has 1 amide bonds. The summed E-state index contributed by atoms with van der Waals surface area (Å²) >= 11 is 0. The third-order valence-electron chi connectivity index (χ3n) is 4.37. The third kappa shape index (κ3) is 6.17. The first-order valence-corrected chi connectivity index (χ1v) is 11.1. The van der Waals surface area contributed by atoms with E-state index < -0.39 is 34.5 Å². The molecule has 0 aliphatic carbocycles. The SMILES string of the molecule is COC(=O)c1ccccc1NC(=O)COC(=O)c1ccc(S(=O)(=O)Nc2ccccc2)cc1. The van der Waals surface area contributed by atoms with Crippen LogP contribution in [-0.2, 0) is 24.3 Å². The van der Waals surface area contributed by atoms with Gasteiger partial charge in [0.2, 0.25) is 0 Å². The lowest BCUT2D eigenvalue weighted by Crippen LogP contribution is -2.22. The van der Waals surface area contributed by atoms with Crippen molar-refractivity contribution in [1.29, 1.82) is 0 Å². The summed E-state index contributed by atoms with van der Waals surface area (Å²) in [6.45, 7) is -0.607. The Bertz CT molecular complexity index is 1260. The van der Waals surface area contributed by atoms with Crippen molar-refractivity contribution in [3.63, 3.8) is 0 Å². The number of hydrogen-bond donors (Lipinski definition) is 2. The van der Waals surface area contributed by atoms with E-state index in [4.69, 9.17) is 4.74 Å². The van der Waals surface area contributed by atoms with Crippen LogP contribution in [0.5, 0.6) is 0 Å². The highest BCUT2D eigenvalue weighted by atomic mass is 32.2. The van der Waals surface area contributed by atoms with Crippen LogP contribution in [0.1, 0.15) is 20.7 Å². The highest BCUT2D eigenvalue weighted by Crippen LogP contribution is 2.18. The van der Waals surface area contributed by atoms with Crippen LogP contribution in [0.3, 0.4) is 0 Å². The molecule has 0 saturated carbocycles. The van der Waals surface area contributed by atoms with Gasteiger partial charge < -0.3 is 14.8 Å². The van der Waals surface area contributed by atoms with Gasteiger partial charge in [-0.05, 0) is 48.5 Å². The van der Waals surface area contributed by atoms with Gasteiger partial charge in [-0.15, -0.1) is 0 Å². The molecule has 33 heavy (non-hydrogen) atoms. The van der Waals surface area contributed by atoms with E-state index in [0.29, 0.717) is 5.69 Å². The number of rotatable bonds is 8. The Balaban J connectivity index is 1.59. The van der Waals surface area contributed by atoms with Crippen LogP contribution in [0.15, 0.2) is 83.8 Å². The van der Waals surface area contributed by atoms with E-state index in [1.165, 1.54) is 43.5 Å². The minimum absolute atomic E-state index is 0.0416. The van der Waals surface area contributed by atoms with Crippen LogP contribution in [-0.4, -0.2) is 40.0 Å². The molecule has 3 aromatic carbocycles. The van der Waals surface area contributed by atoms with Crippen molar-refractivity contribution in [3.05, 3.63) is 90.0 Å². The van der Waals surface area contributed by atoms with Gasteiger partial charge in [-0.3, -0.25) is 9.52 Å². The minimum Gasteiger partial charge on any atom is -0.465 e. The Labute approximate surface area is 190 Å². The third-order valence-corrected chi connectivity index (χ3v) is 5.76. The van der Waals surface area contributed by atoms with Crippen molar-refractivity contribution in [3.8, 4) is 0 Å². The predicted molar refractivity (Wildman–Crippen MR) is 120 cm³/mol. The average molecular weight is 468 g/mol. The van der Waals surface area contributed by atoms with Gasteiger partial charge in [-0.2, -0.15) is 0 Å². The van der Waals surface area contributed by atoms with E-state index in [9.17, 15) is 22.8 Å². The molecule has 0 radical (unpaired) electrons. The summed E-state index contributed by atoms with van der Waals surface area (Å²) in [6, 6.07) is 19.7. The first kappa shape index (κ1) is 23.5. The molecule has 170 valence electrons. The van der Waals surface area contributed by atoms with Crippen molar-refractivity contribution in [2.45, 2.75) is 4.90 Å². The maximum atomic E-state index is 12.5. The van der Waals surface area contributed by atoms with Gasteiger partial charge in [0.05, 0.1) is 28.8 Å². The normalized spacial score (nSPS) is 10.7. The predicted octanol–water partition coefficient (Wildman–Crippen LogP) is 3.07.